The van der Waals surface area contributed by atoms with E-state index in [0.717, 1.165) is 31.0 Å². The molecule has 0 bridgehead atoms. The average Bonchev–Trinajstić information content (AvgIpc) is 2.42. The van der Waals surface area contributed by atoms with Crippen molar-refractivity contribution in [2.24, 2.45) is 0 Å². The molecule has 0 aromatic carbocycles. The van der Waals surface area contributed by atoms with Crippen LogP contribution >= 0.6 is 11.3 Å². The van der Waals surface area contributed by atoms with Gasteiger partial charge in [0.25, 0.3) is 5.56 Å². The van der Waals surface area contributed by atoms with Crippen LogP contribution in [0.1, 0.15) is 0 Å². The summed E-state index contributed by atoms with van der Waals surface area (Å²) in [7, 11) is 2.11. The molecular formula is C12H15N5OS. The number of rotatable bonds is 2. The molecule has 1 aliphatic heterocycles. The summed E-state index contributed by atoms with van der Waals surface area (Å²) in [5.74, 6) is 0. The van der Waals surface area contributed by atoms with Crippen LogP contribution in [-0.2, 0) is 0 Å². The lowest BCUT2D eigenvalue weighted by Gasteiger charge is -2.32. The standard InChI is InChI=1S/C12H15N5OS/c1-16-5-7-17(8-6-16)15-12-14-10(18)9-3-2-4-13-11(9)19-12/h2-4H,5-8H2,1H3,(H,14,15,18). The first-order chi connectivity index (χ1) is 9.22. The van der Waals surface area contributed by atoms with Gasteiger partial charge in [0.1, 0.15) is 4.83 Å². The molecule has 0 unspecified atom stereocenters. The summed E-state index contributed by atoms with van der Waals surface area (Å²) in [5.41, 5.74) is 2.98. The smallest absolute Gasteiger partial charge is 0.282 e. The minimum absolute atomic E-state index is 0.224. The second-order valence-corrected chi connectivity index (χ2v) is 5.56. The number of nitrogens with zero attached hydrogens (tertiary/aromatic N) is 4. The van der Waals surface area contributed by atoms with Gasteiger partial charge in [0.2, 0.25) is 5.13 Å². The van der Waals surface area contributed by atoms with Crippen molar-refractivity contribution in [3.05, 3.63) is 28.7 Å². The van der Waals surface area contributed by atoms with E-state index < -0.39 is 0 Å². The minimum atomic E-state index is -0.224. The number of pyridine rings is 1. The zero-order chi connectivity index (χ0) is 13.2. The van der Waals surface area contributed by atoms with Crippen molar-refractivity contribution in [3.63, 3.8) is 0 Å². The first-order valence-corrected chi connectivity index (χ1v) is 7.00. The van der Waals surface area contributed by atoms with Gasteiger partial charge < -0.3 is 4.90 Å². The molecule has 0 spiro atoms. The average molecular weight is 277 g/mol. The third-order valence-electron chi connectivity index (χ3n) is 3.16. The molecule has 3 heterocycles. The van der Waals surface area contributed by atoms with E-state index in [9.17, 15) is 4.79 Å². The Morgan fingerprint density at radius 1 is 1.32 bits per heavy atom. The van der Waals surface area contributed by atoms with Crippen molar-refractivity contribution >= 4 is 26.7 Å². The second-order valence-electron chi connectivity index (χ2n) is 4.58. The largest absolute Gasteiger partial charge is 0.304 e. The molecule has 0 atom stereocenters. The van der Waals surface area contributed by atoms with Crippen LogP contribution in [0.25, 0.3) is 10.2 Å². The molecule has 1 saturated heterocycles. The SMILES string of the molecule is CN1CCN(Nc2nc(=O)c3cccnc3s2)CC1. The van der Waals surface area contributed by atoms with Crippen molar-refractivity contribution in [1.29, 1.82) is 0 Å². The predicted octanol–water partition coefficient (Wildman–Crippen LogP) is 0.626. The molecule has 1 N–H and O–H groups in total. The molecule has 7 heteroatoms. The van der Waals surface area contributed by atoms with Gasteiger partial charge in [-0.15, -0.1) is 0 Å². The maximum absolute atomic E-state index is 11.9. The monoisotopic (exact) mass is 277 g/mol. The van der Waals surface area contributed by atoms with Crippen LogP contribution in [0.15, 0.2) is 23.1 Å². The van der Waals surface area contributed by atoms with Gasteiger partial charge in [-0.05, 0) is 19.2 Å². The number of likely N-dealkylation sites (N-methyl/N-ethyl adjacent to an activating group) is 1. The number of hydrazine groups is 1. The van der Waals surface area contributed by atoms with E-state index in [4.69, 9.17) is 0 Å². The molecule has 100 valence electrons. The van der Waals surface area contributed by atoms with Crippen LogP contribution in [0.2, 0.25) is 0 Å². The summed E-state index contributed by atoms with van der Waals surface area (Å²) in [4.78, 5) is 23.2. The second kappa shape index (κ2) is 5.20. The van der Waals surface area contributed by atoms with E-state index in [1.165, 1.54) is 11.3 Å². The van der Waals surface area contributed by atoms with Crippen LogP contribution in [-0.4, -0.2) is 53.1 Å². The number of fused-ring (bicyclic) bond motifs is 1. The molecule has 0 amide bonds. The maximum atomic E-state index is 11.9. The third-order valence-corrected chi connectivity index (χ3v) is 4.05. The summed E-state index contributed by atoms with van der Waals surface area (Å²) in [6.07, 6.45) is 1.69. The number of aromatic nitrogens is 2. The highest BCUT2D eigenvalue weighted by atomic mass is 32.1. The van der Waals surface area contributed by atoms with Gasteiger partial charge in [-0.25, -0.2) is 9.99 Å². The molecule has 2 aromatic heterocycles. The van der Waals surface area contributed by atoms with Crippen molar-refractivity contribution in [1.82, 2.24) is 19.9 Å². The van der Waals surface area contributed by atoms with Crippen molar-refractivity contribution in [2.45, 2.75) is 0 Å². The Bertz CT molecular complexity index is 635. The van der Waals surface area contributed by atoms with Gasteiger partial charge >= 0.3 is 0 Å². The molecule has 3 rings (SSSR count). The third kappa shape index (κ3) is 2.73. The van der Waals surface area contributed by atoms with E-state index >= 15 is 0 Å². The highest BCUT2D eigenvalue weighted by Gasteiger charge is 2.15. The van der Waals surface area contributed by atoms with Crippen LogP contribution in [0.3, 0.4) is 0 Å². The first-order valence-electron chi connectivity index (χ1n) is 6.18. The molecule has 2 aromatic rings. The fourth-order valence-corrected chi connectivity index (χ4v) is 2.87. The Kier molecular flexibility index (Phi) is 3.41. The highest BCUT2D eigenvalue weighted by Crippen LogP contribution is 2.18. The molecule has 0 radical (unpaired) electrons. The normalized spacial score (nSPS) is 17.7. The predicted molar refractivity (Wildman–Crippen MR) is 76.4 cm³/mol. The van der Waals surface area contributed by atoms with Crippen molar-refractivity contribution in [3.8, 4) is 0 Å². The lowest BCUT2D eigenvalue weighted by Crippen LogP contribution is -2.47. The topological polar surface area (TPSA) is 61.4 Å². The van der Waals surface area contributed by atoms with E-state index in [1.54, 1.807) is 18.3 Å². The molecule has 1 fully saturated rings. The van der Waals surface area contributed by atoms with E-state index in [0.29, 0.717) is 10.5 Å². The summed E-state index contributed by atoms with van der Waals surface area (Å²) in [6.45, 7) is 3.85. The Morgan fingerprint density at radius 3 is 2.89 bits per heavy atom. The van der Waals surface area contributed by atoms with Gasteiger partial charge in [-0.1, -0.05) is 11.3 Å². The van der Waals surface area contributed by atoms with Gasteiger partial charge in [0, 0.05) is 32.4 Å². The summed E-state index contributed by atoms with van der Waals surface area (Å²) in [5, 5.41) is 3.28. The zero-order valence-electron chi connectivity index (χ0n) is 10.7. The van der Waals surface area contributed by atoms with Crippen LogP contribution in [0.5, 0.6) is 0 Å². The van der Waals surface area contributed by atoms with Crippen LogP contribution in [0.4, 0.5) is 5.13 Å². The Labute approximate surface area is 114 Å². The zero-order valence-corrected chi connectivity index (χ0v) is 11.5. The first kappa shape index (κ1) is 12.5. The van der Waals surface area contributed by atoms with Gasteiger partial charge in [0.05, 0.1) is 5.39 Å². The molecule has 6 nitrogen and oxygen atoms in total. The quantitative estimate of drug-likeness (QED) is 0.868. The van der Waals surface area contributed by atoms with Gasteiger partial charge in [-0.2, -0.15) is 4.98 Å². The van der Waals surface area contributed by atoms with Crippen LogP contribution < -0.4 is 11.0 Å². The molecule has 1 aliphatic rings. The lowest BCUT2D eigenvalue weighted by molar-refractivity contribution is 0.179. The molecular weight excluding hydrogens is 262 g/mol. The molecule has 19 heavy (non-hydrogen) atoms. The van der Waals surface area contributed by atoms with E-state index in [2.05, 4.69) is 32.4 Å². The van der Waals surface area contributed by atoms with Crippen molar-refractivity contribution < 1.29 is 0 Å². The number of hydrogen-bond donors (Lipinski definition) is 1. The summed E-state index contributed by atoms with van der Waals surface area (Å²) >= 11 is 1.41. The number of piperazine rings is 1. The minimum Gasteiger partial charge on any atom is -0.304 e. The van der Waals surface area contributed by atoms with Crippen LogP contribution in [0, 0.1) is 0 Å². The summed E-state index contributed by atoms with van der Waals surface area (Å²) in [6, 6.07) is 3.51. The molecule has 0 aliphatic carbocycles. The fourth-order valence-electron chi connectivity index (χ4n) is 2.00. The highest BCUT2D eigenvalue weighted by molar-refractivity contribution is 7.21. The number of hydrogen-bond acceptors (Lipinski definition) is 7. The van der Waals surface area contributed by atoms with Crippen molar-refractivity contribution in [2.75, 3.05) is 38.7 Å². The Balaban J connectivity index is 1.83. The Morgan fingerprint density at radius 2 is 2.11 bits per heavy atom. The number of anilines is 1. The maximum Gasteiger partial charge on any atom is 0.282 e. The van der Waals surface area contributed by atoms with Gasteiger partial charge in [0.15, 0.2) is 0 Å². The van der Waals surface area contributed by atoms with E-state index in [1.807, 2.05) is 0 Å². The fraction of sp³-hybridized carbons (Fsp3) is 0.417. The molecule has 0 saturated carbocycles. The Hall–Kier alpha value is -1.57. The summed E-state index contributed by atoms with van der Waals surface area (Å²) < 4.78 is 0. The van der Waals surface area contributed by atoms with Gasteiger partial charge in [-0.3, -0.25) is 10.2 Å². The van der Waals surface area contributed by atoms with E-state index in [-0.39, 0.29) is 5.56 Å². The lowest BCUT2D eigenvalue weighted by atomic mass is 10.4. The number of nitrogens with one attached hydrogen (secondary N) is 1.